The molecule has 4 heteroatoms. The van der Waals surface area contributed by atoms with Gasteiger partial charge in [-0.3, -0.25) is 0 Å². The Morgan fingerprint density at radius 1 is 0.719 bits per heavy atom. The first-order valence-corrected chi connectivity index (χ1v) is 11.0. The third-order valence-corrected chi connectivity index (χ3v) is 5.22. The molecule has 0 N–H and O–H groups in total. The number of hydrogen-bond donors (Lipinski definition) is 0. The second-order valence-electron chi connectivity index (χ2n) is 7.83. The van der Waals surface area contributed by atoms with E-state index in [1.165, 1.54) is 5.56 Å². The second-order valence-corrected chi connectivity index (χ2v) is 7.83. The molecule has 0 spiro atoms. The maximum atomic E-state index is 5.91. The molecule has 0 saturated carbocycles. The van der Waals surface area contributed by atoms with Crippen molar-refractivity contribution in [2.45, 2.75) is 19.4 Å². The average Bonchev–Trinajstić information content (AvgIpc) is 2.83. The minimum atomic E-state index is 0.734. The van der Waals surface area contributed by atoms with Crippen LogP contribution in [0.5, 0.6) is 17.2 Å². The fourth-order valence-electron chi connectivity index (χ4n) is 3.44. The topological polar surface area (TPSA) is 30.9 Å². The van der Waals surface area contributed by atoms with Gasteiger partial charge in [0.15, 0.2) is 0 Å². The Bertz CT molecular complexity index is 945. The van der Waals surface area contributed by atoms with Crippen LogP contribution >= 0.6 is 0 Å². The van der Waals surface area contributed by atoms with Gasteiger partial charge in [0.2, 0.25) is 0 Å². The van der Waals surface area contributed by atoms with E-state index in [-0.39, 0.29) is 0 Å². The Balaban J connectivity index is 1.40. The van der Waals surface area contributed by atoms with E-state index in [1.807, 2.05) is 36.4 Å². The Morgan fingerprint density at radius 2 is 1.38 bits per heavy atom. The van der Waals surface area contributed by atoms with Gasteiger partial charge in [0, 0.05) is 12.6 Å². The van der Waals surface area contributed by atoms with E-state index in [4.69, 9.17) is 14.2 Å². The molecule has 3 aromatic carbocycles. The molecule has 0 aromatic heterocycles. The summed E-state index contributed by atoms with van der Waals surface area (Å²) in [5.41, 5.74) is 3.49. The summed E-state index contributed by atoms with van der Waals surface area (Å²) in [5, 5.41) is 0. The molecule has 0 bridgehead atoms. The van der Waals surface area contributed by atoms with E-state index in [0.29, 0.717) is 0 Å². The zero-order valence-corrected chi connectivity index (χ0v) is 19.3. The van der Waals surface area contributed by atoms with Crippen LogP contribution in [0.25, 0.3) is 12.2 Å². The summed E-state index contributed by atoms with van der Waals surface area (Å²) >= 11 is 0. The van der Waals surface area contributed by atoms with Gasteiger partial charge in [0.25, 0.3) is 0 Å². The van der Waals surface area contributed by atoms with Crippen LogP contribution in [0.2, 0.25) is 0 Å². The van der Waals surface area contributed by atoms with Gasteiger partial charge in [-0.1, -0.05) is 54.6 Å². The number of methoxy groups -OCH3 is 2. The van der Waals surface area contributed by atoms with Gasteiger partial charge in [-0.05, 0) is 67.4 Å². The van der Waals surface area contributed by atoms with Gasteiger partial charge in [0.1, 0.15) is 17.2 Å². The smallest absolute Gasteiger partial charge is 0.123 e. The van der Waals surface area contributed by atoms with E-state index in [1.54, 1.807) is 14.2 Å². The van der Waals surface area contributed by atoms with Crippen LogP contribution in [0.4, 0.5) is 0 Å². The molecule has 0 aliphatic rings. The molecule has 3 aromatic rings. The van der Waals surface area contributed by atoms with Gasteiger partial charge in [-0.15, -0.1) is 0 Å². The maximum absolute atomic E-state index is 5.91. The van der Waals surface area contributed by atoms with Crippen LogP contribution in [-0.2, 0) is 6.54 Å². The molecular weight excluding hydrogens is 398 g/mol. The highest BCUT2D eigenvalue weighted by Gasteiger charge is 2.01. The monoisotopic (exact) mass is 431 g/mol. The predicted molar refractivity (Wildman–Crippen MR) is 132 cm³/mol. The minimum absolute atomic E-state index is 0.734. The predicted octanol–water partition coefficient (Wildman–Crippen LogP) is 6.17. The van der Waals surface area contributed by atoms with Crippen molar-refractivity contribution >= 4 is 12.2 Å². The number of hydrogen-bond acceptors (Lipinski definition) is 4. The largest absolute Gasteiger partial charge is 0.497 e. The van der Waals surface area contributed by atoms with Crippen molar-refractivity contribution in [1.29, 1.82) is 0 Å². The highest BCUT2D eigenvalue weighted by atomic mass is 16.5. The van der Waals surface area contributed by atoms with Crippen molar-refractivity contribution < 1.29 is 14.2 Å². The third-order valence-electron chi connectivity index (χ3n) is 5.22. The number of benzene rings is 3. The lowest BCUT2D eigenvalue weighted by Crippen LogP contribution is -2.19. The standard InChI is InChI=1S/C28H33NO3/c1-29(22-24-9-5-4-6-10-24)17-7-8-18-32-26-15-13-23(14-16-26)11-12-25-19-27(30-2)21-28(20-25)31-3/h4-6,9-16,19-21H,7-8,17-18,22H2,1-3H3/b12-11+. The molecule has 0 fully saturated rings. The van der Waals surface area contributed by atoms with Crippen molar-refractivity contribution in [1.82, 2.24) is 4.90 Å². The van der Waals surface area contributed by atoms with Gasteiger partial charge in [-0.25, -0.2) is 0 Å². The Labute approximate surface area is 192 Å². The first-order valence-electron chi connectivity index (χ1n) is 11.0. The number of nitrogens with zero attached hydrogens (tertiary/aromatic N) is 1. The summed E-state index contributed by atoms with van der Waals surface area (Å²) in [7, 11) is 5.48. The lowest BCUT2D eigenvalue weighted by molar-refractivity contribution is 0.276. The third kappa shape index (κ3) is 7.78. The SMILES string of the molecule is COc1cc(/C=C/c2ccc(OCCCCN(C)Cc3ccccc3)cc2)cc(OC)c1. The molecule has 4 nitrogen and oxygen atoms in total. The van der Waals surface area contributed by atoms with Crippen molar-refractivity contribution in [3.05, 3.63) is 89.5 Å². The summed E-state index contributed by atoms with van der Waals surface area (Å²) in [5.74, 6) is 2.46. The average molecular weight is 432 g/mol. The first-order chi connectivity index (χ1) is 15.7. The van der Waals surface area contributed by atoms with Crippen LogP contribution in [0, 0.1) is 0 Å². The van der Waals surface area contributed by atoms with Gasteiger partial charge < -0.3 is 19.1 Å². The molecular formula is C28H33NO3. The lowest BCUT2D eigenvalue weighted by atomic mass is 10.1. The number of rotatable bonds is 12. The summed E-state index contributed by atoms with van der Waals surface area (Å²) in [6.07, 6.45) is 6.28. The lowest BCUT2D eigenvalue weighted by Gasteiger charge is -2.16. The molecule has 32 heavy (non-hydrogen) atoms. The Kier molecular flexibility index (Phi) is 9.20. The van der Waals surface area contributed by atoms with Gasteiger partial charge in [0.05, 0.1) is 20.8 Å². The second kappa shape index (κ2) is 12.6. The van der Waals surface area contributed by atoms with Crippen LogP contribution < -0.4 is 14.2 Å². The van der Waals surface area contributed by atoms with Crippen LogP contribution in [-0.4, -0.2) is 39.3 Å². The normalized spacial score (nSPS) is 11.1. The highest BCUT2D eigenvalue weighted by molar-refractivity contribution is 5.71. The summed E-state index contributed by atoms with van der Waals surface area (Å²) in [6.45, 7) is 2.79. The minimum Gasteiger partial charge on any atom is -0.497 e. The van der Waals surface area contributed by atoms with E-state index in [9.17, 15) is 0 Å². The Morgan fingerprint density at radius 3 is 2.03 bits per heavy atom. The summed E-state index contributed by atoms with van der Waals surface area (Å²) < 4.78 is 16.6. The zero-order chi connectivity index (χ0) is 22.6. The van der Waals surface area contributed by atoms with E-state index in [2.05, 4.69) is 60.5 Å². The fraction of sp³-hybridized carbons (Fsp3) is 0.286. The van der Waals surface area contributed by atoms with Crippen molar-refractivity contribution in [3.8, 4) is 17.2 Å². The van der Waals surface area contributed by atoms with E-state index >= 15 is 0 Å². The van der Waals surface area contributed by atoms with E-state index in [0.717, 1.165) is 60.9 Å². The molecule has 0 atom stereocenters. The van der Waals surface area contributed by atoms with Crippen molar-refractivity contribution in [2.75, 3.05) is 34.4 Å². The van der Waals surface area contributed by atoms with Crippen LogP contribution in [0.3, 0.4) is 0 Å². The zero-order valence-electron chi connectivity index (χ0n) is 19.3. The molecule has 0 saturated heterocycles. The molecule has 0 radical (unpaired) electrons. The molecule has 3 rings (SSSR count). The van der Waals surface area contributed by atoms with Crippen LogP contribution in [0.1, 0.15) is 29.5 Å². The van der Waals surface area contributed by atoms with Gasteiger partial charge >= 0.3 is 0 Å². The van der Waals surface area contributed by atoms with E-state index < -0.39 is 0 Å². The molecule has 168 valence electrons. The maximum Gasteiger partial charge on any atom is 0.123 e. The Hall–Kier alpha value is -3.24. The van der Waals surface area contributed by atoms with Crippen LogP contribution in [0.15, 0.2) is 72.8 Å². The number of ether oxygens (including phenoxy) is 3. The molecule has 0 aliphatic heterocycles. The molecule has 0 heterocycles. The number of unbranched alkanes of at least 4 members (excludes halogenated alkanes) is 1. The van der Waals surface area contributed by atoms with Gasteiger partial charge in [-0.2, -0.15) is 0 Å². The molecule has 0 unspecified atom stereocenters. The summed E-state index contributed by atoms with van der Waals surface area (Å²) in [4.78, 5) is 2.36. The van der Waals surface area contributed by atoms with Crippen molar-refractivity contribution in [2.24, 2.45) is 0 Å². The highest BCUT2D eigenvalue weighted by Crippen LogP contribution is 2.24. The quantitative estimate of drug-likeness (QED) is 0.254. The summed E-state index contributed by atoms with van der Waals surface area (Å²) in [6, 6.07) is 24.6. The molecule has 0 aliphatic carbocycles. The van der Waals surface area contributed by atoms with Crippen molar-refractivity contribution in [3.63, 3.8) is 0 Å². The first kappa shape index (κ1) is 23.4. The fourth-order valence-corrected chi connectivity index (χ4v) is 3.44. The molecule has 0 amide bonds.